The Kier molecular flexibility index (Phi) is 6.94. The lowest BCUT2D eigenvalue weighted by molar-refractivity contribution is -0.871. The Labute approximate surface area is 210 Å². The van der Waals surface area contributed by atoms with E-state index in [-0.39, 0.29) is 29.6 Å². The standard InChI is InChI=1S/C30H27ClN2O2/c31-24-16-14-22(15-17-24)26-27(29(34)23-11-5-2-6-12-23)25-13-7-8-20-33(25)28(26)30(35)32-19-18-21-9-3-1-4-10-21/h1-17,20,25-28H,18-19H2,(H,32,35)/p+1/t25-,26-,27-,28+/m1/s1. The summed E-state index contributed by atoms with van der Waals surface area (Å²) in [5.41, 5.74) is 2.80. The van der Waals surface area contributed by atoms with Crippen LogP contribution in [-0.2, 0) is 11.2 Å². The quantitative estimate of drug-likeness (QED) is 0.499. The van der Waals surface area contributed by atoms with Crippen molar-refractivity contribution in [2.75, 3.05) is 6.54 Å². The van der Waals surface area contributed by atoms with Gasteiger partial charge in [-0.1, -0.05) is 90.5 Å². The normalized spacial score (nSPS) is 24.7. The van der Waals surface area contributed by atoms with Crippen molar-refractivity contribution in [2.45, 2.75) is 24.4 Å². The molecule has 3 aromatic carbocycles. The van der Waals surface area contributed by atoms with E-state index in [1.165, 1.54) is 5.56 Å². The molecule has 0 spiro atoms. The van der Waals surface area contributed by atoms with Gasteiger partial charge in [0.25, 0.3) is 5.91 Å². The molecule has 4 nitrogen and oxygen atoms in total. The van der Waals surface area contributed by atoms with Gasteiger partial charge >= 0.3 is 0 Å². The summed E-state index contributed by atoms with van der Waals surface area (Å²) in [5.74, 6) is -0.638. The van der Waals surface area contributed by atoms with Gasteiger partial charge in [-0.2, -0.15) is 0 Å². The molecule has 1 saturated heterocycles. The maximum absolute atomic E-state index is 13.9. The summed E-state index contributed by atoms with van der Waals surface area (Å²) in [7, 11) is 0. The molecule has 0 aromatic heterocycles. The van der Waals surface area contributed by atoms with Crippen molar-refractivity contribution in [1.29, 1.82) is 0 Å². The second kappa shape index (κ2) is 10.4. The maximum Gasteiger partial charge on any atom is 0.279 e. The molecule has 5 rings (SSSR count). The summed E-state index contributed by atoms with van der Waals surface area (Å²) in [6.45, 7) is 0.543. The molecule has 1 fully saturated rings. The third kappa shape index (κ3) is 4.86. The number of carbonyl (C=O) groups is 2. The van der Waals surface area contributed by atoms with Crippen LogP contribution < -0.4 is 10.2 Å². The average molecular weight is 484 g/mol. The summed E-state index contributed by atoms with van der Waals surface area (Å²) in [4.78, 5) is 28.6. The molecule has 2 aliphatic heterocycles. The highest BCUT2D eigenvalue weighted by molar-refractivity contribution is 6.30. The fourth-order valence-corrected chi connectivity index (χ4v) is 5.58. The number of allylic oxidation sites excluding steroid dienone is 2. The number of carbonyl (C=O) groups excluding carboxylic acids is 2. The minimum Gasteiger partial charge on any atom is -0.351 e. The largest absolute Gasteiger partial charge is 0.351 e. The van der Waals surface area contributed by atoms with Crippen molar-refractivity contribution in [3.05, 3.63) is 131 Å². The van der Waals surface area contributed by atoms with E-state index < -0.39 is 6.04 Å². The summed E-state index contributed by atoms with van der Waals surface area (Å²) < 4.78 is 0. The van der Waals surface area contributed by atoms with E-state index in [0.717, 1.165) is 16.9 Å². The first-order valence-electron chi connectivity index (χ1n) is 12.0. The number of rotatable bonds is 7. The number of nitrogens with one attached hydrogen (secondary N) is 2. The number of ketones is 1. The first kappa shape index (κ1) is 23.3. The number of quaternary nitrogens is 1. The molecule has 3 aromatic rings. The van der Waals surface area contributed by atoms with E-state index in [9.17, 15) is 9.59 Å². The predicted molar refractivity (Wildman–Crippen MR) is 138 cm³/mol. The lowest BCUT2D eigenvalue weighted by atomic mass is 9.77. The first-order valence-corrected chi connectivity index (χ1v) is 12.4. The number of halogens is 1. The van der Waals surface area contributed by atoms with Crippen LogP contribution in [0.3, 0.4) is 0 Å². The van der Waals surface area contributed by atoms with Crippen LogP contribution in [-0.4, -0.2) is 30.3 Å². The second-order valence-corrected chi connectivity index (χ2v) is 9.54. The molecule has 2 aliphatic rings. The van der Waals surface area contributed by atoms with Gasteiger partial charge in [0, 0.05) is 17.1 Å². The Balaban J connectivity index is 1.49. The number of hydrogen-bond acceptors (Lipinski definition) is 2. The minimum atomic E-state index is -0.434. The highest BCUT2D eigenvalue weighted by Gasteiger charge is 2.58. The number of amides is 1. The van der Waals surface area contributed by atoms with Crippen molar-refractivity contribution >= 4 is 23.3 Å². The van der Waals surface area contributed by atoms with Crippen LogP contribution in [0.2, 0.25) is 5.02 Å². The van der Waals surface area contributed by atoms with Crippen LogP contribution in [0.25, 0.3) is 0 Å². The highest BCUT2D eigenvalue weighted by atomic mass is 35.5. The van der Waals surface area contributed by atoms with Gasteiger partial charge in [0.1, 0.15) is 6.04 Å². The molecule has 0 aliphatic carbocycles. The molecule has 1 unspecified atom stereocenters. The van der Waals surface area contributed by atoms with Gasteiger partial charge in [0.05, 0.1) is 18.0 Å². The Morgan fingerprint density at radius 3 is 2.26 bits per heavy atom. The van der Waals surface area contributed by atoms with Gasteiger partial charge in [-0.15, -0.1) is 0 Å². The smallest absolute Gasteiger partial charge is 0.279 e. The fraction of sp³-hybridized carbons (Fsp3) is 0.200. The Morgan fingerprint density at radius 1 is 0.857 bits per heavy atom. The van der Waals surface area contributed by atoms with Crippen LogP contribution in [0.5, 0.6) is 0 Å². The van der Waals surface area contributed by atoms with Crippen molar-refractivity contribution in [1.82, 2.24) is 5.32 Å². The van der Waals surface area contributed by atoms with Crippen molar-refractivity contribution in [3.63, 3.8) is 0 Å². The molecule has 5 heteroatoms. The van der Waals surface area contributed by atoms with E-state index in [0.29, 0.717) is 17.1 Å². The molecule has 1 amide bonds. The van der Waals surface area contributed by atoms with Crippen LogP contribution in [0.15, 0.2) is 109 Å². The van der Waals surface area contributed by atoms with E-state index in [2.05, 4.69) is 23.5 Å². The van der Waals surface area contributed by atoms with Gasteiger partial charge in [0.2, 0.25) is 0 Å². The number of benzene rings is 3. The highest BCUT2D eigenvalue weighted by Crippen LogP contribution is 2.38. The predicted octanol–water partition coefficient (Wildman–Crippen LogP) is 4.00. The number of hydrogen-bond donors (Lipinski definition) is 2. The minimum absolute atomic E-state index is 0.0378. The van der Waals surface area contributed by atoms with Crippen LogP contribution in [0, 0.1) is 5.92 Å². The zero-order valence-corrected chi connectivity index (χ0v) is 20.1. The summed E-state index contributed by atoms with van der Waals surface area (Å²) in [6.07, 6.45) is 8.79. The summed E-state index contributed by atoms with van der Waals surface area (Å²) in [6, 6.07) is 26.5. The molecule has 0 bridgehead atoms. The van der Waals surface area contributed by atoms with Crippen molar-refractivity contribution in [3.8, 4) is 0 Å². The Morgan fingerprint density at radius 2 is 1.54 bits per heavy atom. The first-order chi connectivity index (χ1) is 17.1. The maximum atomic E-state index is 13.9. The molecule has 2 N–H and O–H groups in total. The molecule has 2 heterocycles. The van der Waals surface area contributed by atoms with Crippen LogP contribution in [0.1, 0.15) is 27.4 Å². The third-order valence-electron chi connectivity index (χ3n) is 7.05. The Bertz CT molecular complexity index is 1240. The average Bonchev–Trinajstić information content (AvgIpc) is 3.25. The van der Waals surface area contributed by atoms with E-state index in [1.807, 2.05) is 91.1 Å². The van der Waals surface area contributed by atoms with E-state index in [1.54, 1.807) is 0 Å². The summed E-state index contributed by atoms with van der Waals surface area (Å²) >= 11 is 6.19. The zero-order chi connectivity index (χ0) is 24.2. The molecule has 0 saturated carbocycles. The van der Waals surface area contributed by atoms with Gasteiger partial charge in [-0.3, -0.25) is 14.5 Å². The van der Waals surface area contributed by atoms with Gasteiger partial charge in [-0.05, 0) is 41.8 Å². The van der Waals surface area contributed by atoms with E-state index >= 15 is 0 Å². The molecular weight excluding hydrogens is 456 g/mol. The van der Waals surface area contributed by atoms with Gasteiger partial charge in [-0.25, -0.2) is 0 Å². The van der Waals surface area contributed by atoms with E-state index in [4.69, 9.17) is 11.6 Å². The fourth-order valence-electron chi connectivity index (χ4n) is 5.45. The topological polar surface area (TPSA) is 50.6 Å². The van der Waals surface area contributed by atoms with Crippen LogP contribution in [0.4, 0.5) is 0 Å². The number of fused-ring (bicyclic) bond motifs is 1. The lowest BCUT2D eigenvalue weighted by Gasteiger charge is -2.24. The van der Waals surface area contributed by atoms with Gasteiger partial charge < -0.3 is 5.32 Å². The monoisotopic (exact) mass is 483 g/mol. The molecular formula is C30H28ClN2O2+. The van der Waals surface area contributed by atoms with Gasteiger partial charge in [0.15, 0.2) is 11.8 Å². The van der Waals surface area contributed by atoms with Crippen molar-refractivity contribution < 1.29 is 14.5 Å². The second-order valence-electron chi connectivity index (χ2n) is 9.11. The third-order valence-corrected chi connectivity index (χ3v) is 7.30. The molecule has 176 valence electrons. The SMILES string of the molecule is O=C(c1ccccc1)[C@H]1[C@@H](c2ccc(Cl)cc2)[C@@H](C(=O)NCCc2ccccc2)[NH+]2C=CC=C[C@H]12. The lowest BCUT2D eigenvalue weighted by Crippen LogP contribution is -3.15. The summed E-state index contributed by atoms with van der Waals surface area (Å²) in [5, 5.41) is 3.79. The molecule has 0 radical (unpaired) electrons. The molecule has 35 heavy (non-hydrogen) atoms. The van der Waals surface area contributed by atoms with Crippen molar-refractivity contribution in [2.24, 2.45) is 5.92 Å². The van der Waals surface area contributed by atoms with Crippen LogP contribution >= 0.6 is 11.6 Å². The Hall–Kier alpha value is -3.47. The number of Topliss-reactive ketones (excluding diaryl/α,β-unsaturated/α-hetero) is 1. The molecule has 5 atom stereocenters. The zero-order valence-electron chi connectivity index (χ0n) is 19.3.